The maximum absolute atomic E-state index is 5.49. The minimum atomic E-state index is 0.384. The molecule has 0 spiro atoms. The third kappa shape index (κ3) is 6.00. The van der Waals surface area contributed by atoms with E-state index in [4.69, 9.17) is 4.42 Å². The molecule has 1 aromatic rings. The molecule has 1 heterocycles. The van der Waals surface area contributed by atoms with E-state index in [0.717, 1.165) is 13.0 Å². The van der Waals surface area contributed by atoms with Crippen molar-refractivity contribution >= 4 is 6.01 Å². The van der Waals surface area contributed by atoms with Crippen LogP contribution in [-0.4, -0.2) is 22.8 Å². The molecule has 0 aliphatic rings. The standard InChI is InChI=1S/C13H26N4O/c1-4-6-7-8-9-11(3)15-13-17-16-12(18-13)10-14-5-2/h11,14H,4-10H2,1-3H3,(H,15,17). The third-order valence-electron chi connectivity index (χ3n) is 2.85. The van der Waals surface area contributed by atoms with Crippen LogP contribution in [0.2, 0.25) is 0 Å². The zero-order valence-electron chi connectivity index (χ0n) is 11.8. The highest BCUT2D eigenvalue weighted by Crippen LogP contribution is 2.11. The monoisotopic (exact) mass is 254 g/mol. The summed E-state index contributed by atoms with van der Waals surface area (Å²) in [6, 6.07) is 0.917. The molecule has 0 aliphatic heterocycles. The zero-order chi connectivity index (χ0) is 13.2. The van der Waals surface area contributed by atoms with Gasteiger partial charge in [-0.2, -0.15) is 0 Å². The van der Waals surface area contributed by atoms with E-state index < -0.39 is 0 Å². The average Bonchev–Trinajstić information content (AvgIpc) is 2.80. The van der Waals surface area contributed by atoms with E-state index in [-0.39, 0.29) is 0 Å². The van der Waals surface area contributed by atoms with Gasteiger partial charge < -0.3 is 15.1 Å². The quantitative estimate of drug-likeness (QED) is 0.628. The van der Waals surface area contributed by atoms with Crippen LogP contribution in [0, 0.1) is 0 Å². The number of nitrogens with zero attached hydrogens (tertiary/aromatic N) is 2. The van der Waals surface area contributed by atoms with E-state index >= 15 is 0 Å². The van der Waals surface area contributed by atoms with Crippen LogP contribution in [0.3, 0.4) is 0 Å². The first-order valence-electron chi connectivity index (χ1n) is 7.05. The Kier molecular flexibility index (Phi) is 7.41. The van der Waals surface area contributed by atoms with Gasteiger partial charge in [0.25, 0.3) is 0 Å². The molecule has 0 aliphatic carbocycles. The van der Waals surface area contributed by atoms with E-state index in [2.05, 4.69) is 34.7 Å². The Balaban J connectivity index is 2.22. The molecule has 5 nitrogen and oxygen atoms in total. The van der Waals surface area contributed by atoms with Gasteiger partial charge in [-0.15, -0.1) is 5.10 Å². The van der Waals surface area contributed by atoms with Crippen molar-refractivity contribution in [1.82, 2.24) is 15.5 Å². The Morgan fingerprint density at radius 3 is 2.72 bits per heavy atom. The highest BCUT2D eigenvalue weighted by molar-refractivity contribution is 5.18. The van der Waals surface area contributed by atoms with E-state index in [9.17, 15) is 0 Å². The largest absolute Gasteiger partial charge is 0.407 e. The van der Waals surface area contributed by atoms with Crippen LogP contribution in [0.25, 0.3) is 0 Å². The van der Waals surface area contributed by atoms with Crippen molar-refractivity contribution < 1.29 is 4.42 Å². The fraction of sp³-hybridized carbons (Fsp3) is 0.846. The van der Waals surface area contributed by atoms with Gasteiger partial charge in [-0.25, -0.2) is 0 Å². The first kappa shape index (κ1) is 15.0. The van der Waals surface area contributed by atoms with Crippen LogP contribution in [0.1, 0.15) is 58.8 Å². The SMILES string of the molecule is CCCCCCC(C)Nc1nnc(CNCC)o1. The lowest BCUT2D eigenvalue weighted by Gasteiger charge is -2.10. The molecule has 2 N–H and O–H groups in total. The summed E-state index contributed by atoms with van der Waals surface area (Å²) >= 11 is 0. The molecule has 0 bridgehead atoms. The van der Waals surface area contributed by atoms with E-state index in [1.807, 2.05) is 6.92 Å². The summed E-state index contributed by atoms with van der Waals surface area (Å²) < 4.78 is 5.49. The molecule has 1 rings (SSSR count). The Hall–Kier alpha value is -1.10. The fourth-order valence-corrected chi connectivity index (χ4v) is 1.78. The molecule has 0 saturated carbocycles. The number of unbranched alkanes of at least 4 members (excludes halogenated alkanes) is 3. The predicted molar refractivity (Wildman–Crippen MR) is 73.5 cm³/mol. The van der Waals surface area contributed by atoms with E-state index in [0.29, 0.717) is 24.5 Å². The van der Waals surface area contributed by atoms with Gasteiger partial charge in [-0.1, -0.05) is 44.6 Å². The minimum Gasteiger partial charge on any atom is -0.407 e. The van der Waals surface area contributed by atoms with Crippen molar-refractivity contribution in [3.63, 3.8) is 0 Å². The Bertz CT molecular complexity index is 314. The van der Waals surface area contributed by atoms with Crippen LogP contribution in [0.15, 0.2) is 4.42 Å². The van der Waals surface area contributed by atoms with Crippen LogP contribution in [0.5, 0.6) is 0 Å². The summed E-state index contributed by atoms with van der Waals surface area (Å²) in [5.74, 6) is 0.637. The van der Waals surface area contributed by atoms with Crippen molar-refractivity contribution in [1.29, 1.82) is 0 Å². The molecular weight excluding hydrogens is 228 g/mol. The van der Waals surface area contributed by atoms with Crippen LogP contribution >= 0.6 is 0 Å². The normalized spacial score (nSPS) is 12.6. The fourth-order valence-electron chi connectivity index (χ4n) is 1.78. The number of nitrogens with one attached hydrogen (secondary N) is 2. The summed E-state index contributed by atoms with van der Waals surface area (Å²) in [6.07, 6.45) is 6.29. The van der Waals surface area contributed by atoms with Gasteiger partial charge in [0, 0.05) is 6.04 Å². The Labute approximate surface area is 110 Å². The number of anilines is 1. The van der Waals surface area contributed by atoms with Crippen LogP contribution in [0.4, 0.5) is 6.01 Å². The summed E-state index contributed by atoms with van der Waals surface area (Å²) in [4.78, 5) is 0. The molecule has 104 valence electrons. The molecular formula is C13H26N4O. The van der Waals surface area contributed by atoms with Gasteiger partial charge in [0.1, 0.15) is 0 Å². The predicted octanol–water partition coefficient (Wildman–Crippen LogP) is 2.95. The number of aromatic nitrogens is 2. The van der Waals surface area contributed by atoms with Crippen molar-refractivity contribution in [3.8, 4) is 0 Å². The lowest BCUT2D eigenvalue weighted by molar-refractivity contribution is 0.474. The third-order valence-corrected chi connectivity index (χ3v) is 2.85. The van der Waals surface area contributed by atoms with E-state index in [1.54, 1.807) is 0 Å². The first-order chi connectivity index (χ1) is 8.76. The van der Waals surface area contributed by atoms with Crippen molar-refractivity contribution in [2.24, 2.45) is 0 Å². The second-order valence-electron chi connectivity index (χ2n) is 4.68. The summed E-state index contributed by atoms with van der Waals surface area (Å²) in [5.41, 5.74) is 0. The topological polar surface area (TPSA) is 63.0 Å². The molecule has 0 radical (unpaired) electrons. The van der Waals surface area contributed by atoms with E-state index in [1.165, 1.54) is 25.7 Å². The molecule has 0 aromatic carbocycles. The summed E-state index contributed by atoms with van der Waals surface area (Å²) in [6.45, 7) is 7.97. The van der Waals surface area contributed by atoms with Crippen molar-refractivity contribution in [2.75, 3.05) is 11.9 Å². The average molecular weight is 254 g/mol. The Morgan fingerprint density at radius 2 is 2.00 bits per heavy atom. The molecule has 0 saturated heterocycles. The van der Waals surface area contributed by atoms with Gasteiger partial charge in [-0.05, 0) is 19.9 Å². The lowest BCUT2D eigenvalue weighted by Crippen LogP contribution is -2.15. The molecule has 5 heteroatoms. The van der Waals surface area contributed by atoms with Gasteiger partial charge in [0.05, 0.1) is 6.54 Å². The molecule has 1 unspecified atom stereocenters. The maximum Gasteiger partial charge on any atom is 0.315 e. The lowest BCUT2D eigenvalue weighted by atomic mass is 10.1. The molecule has 0 fully saturated rings. The number of hydrogen-bond acceptors (Lipinski definition) is 5. The molecule has 1 aromatic heterocycles. The number of hydrogen-bond donors (Lipinski definition) is 2. The molecule has 1 atom stereocenters. The van der Waals surface area contributed by atoms with Crippen LogP contribution in [-0.2, 0) is 6.54 Å². The second-order valence-corrected chi connectivity index (χ2v) is 4.68. The minimum absolute atomic E-state index is 0.384. The molecule has 0 amide bonds. The van der Waals surface area contributed by atoms with Gasteiger partial charge in [0.15, 0.2) is 0 Å². The zero-order valence-corrected chi connectivity index (χ0v) is 11.8. The highest BCUT2D eigenvalue weighted by atomic mass is 16.4. The summed E-state index contributed by atoms with van der Waals surface area (Å²) in [5, 5.41) is 14.4. The van der Waals surface area contributed by atoms with Crippen molar-refractivity contribution in [3.05, 3.63) is 5.89 Å². The van der Waals surface area contributed by atoms with Crippen molar-refractivity contribution in [2.45, 2.75) is 65.5 Å². The van der Waals surface area contributed by atoms with Gasteiger partial charge in [0.2, 0.25) is 5.89 Å². The number of rotatable bonds is 10. The smallest absolute Gasteiger partial charge is 0.315 e. The highest BCUT2D eigenvalue weighted by Gasteiger charge is 2.08. The first-order valence-corrected chi connectivity index (χ1v) is 7.05. The van der Waals surface area contributed by atoms with Gasteiger partial charge in [-0.3, -0.25) is 0 Å². The Morgan fingerprint density at radius 1 is 1.17 bits per heavy atom. The van der Waals surface area contributed by atoms with Gasteiger partial charge >= 0.3 is 6.01 Å². The van der Waals surface area contributed by atoms with Crippen LogP contribution < -0.4 is 10.6 Å². The maximum atomic E-state index is 5.49. The molecule has 18 heavy (non-hydrogen) atoms. The summed E-state index contributed by atoms with van der Waals surface area (Å²) in [7, 11) is 0. The second kappa shape index (κ2) is 8.91.